The van der Waals surface area contributed by atoms with Crippen LogP contribution in [0.3, 0.4) is 0 Å². The second kappa shape index (κ2) is 8.55. The Morgan fingerprint density at radius 2 is 2.04 bits per heavy atom. The first kappa shape index (κ1) is 18.1. The summed E-state index contributed by atoms with van der Waals surface area (Å²) in [5, 5.41) is 11.1. The van der Waals surface area contributed by atoms with E-state index in [1.54, 1.807) is 0 Å². The first-order chi connectivity index (χ1) is 11.5. The first-order valence-corrected chi connectivity index (χ1v) is 7.49. The van der Waals surface area contributed by atoms with Crippen LogP contribution in [0.15, 0.2) is 18.2 Å². The normalized spacial score (nSPS) is 14.4. The molecule has 2 rings (SSSR count). The van der Waals surface area contributed by atoms with Gasteiger partial charge in [-0.2, -0.15) is 0 Å². The van der Waals surface area contributed by atoms with Gasteiger partial charge in [-0.1, -0.05) is 0 Å². The number of aliphatic hydroxyl groups is 1. The number of hydrogen-bond acceptors (Lipinski definition) is 4. The van der Waals surface area contributed by atoms with Crippen LogP contribution in [0.2, 0.25) is 0 Å². The molecule has 2 N–H and O–H groups in total. The van der Waals surface area contributed by atoms with Gasteiger partial charge in [0.05, 0.1) is 19.8 Å². The third-order valence-corrected chi connectivity index (χ3v) is 3.45. The fourth-order valence-corrected chi connectivity index (χ4v) is 2.28. The Kier molecular flexibility index (Phi) is 6.44. The molecule has 0 unspecified atom stereocenters. The van der Waals surface area contributed by atoms with Crippen molar-refractivity contribution in [2.24, 2.45) is 0 Å². The highest BCUT2D eigenvalue weighted by atomic mass is 19.2. The lowest BCUT2D eigenvalue weighted by Crippen LogP contribution is -2.40. The summed E-state index contributed by atoms with van der Waals surface area (Å²) >= 11 is 0. The lowest BCUT2D eigenvalue weighted by molar-refractivity contribution is -0.121. The van der Waals surface area contributed by atoms with Crippen LogP contribution in [0.1, 0.15) is 0 Å². The number of aliphatic hydroxyl groups excluding tert-OH is 1. The molecule has 3 amide bonds. The third-order valence-electron chi connectivity index (χ3n) is 3.45. The van der Waals surface area contributed by atoms with Crippen molar-refractivity contribution < 1.29 is 28.2 Å². The van der Waals surface area contributed by atoms with E-state index in [0.29, 0.717) is 6.54 Å². The zero-order valence-corrected chi connectivity index (χ0v) is 13.0. The second-order valence-electron chi connectivity index (χ2n) is 5.14. The Morgan fingerprint density at radius 1 is 1.25 bits per heavy atom. The van der Waals surface area contributed by atoms with Gasteiger partial charge in [0.15, 0.2) is 11.6 Å². The molecule has 1 aliphatic heterocycles. The molecule has 1 saturated heterocycles. The Hall–Kier alpha value is -2.26. The maximum Gasteiger partial charge on any atom is 0.325 e. The molecule has 0 spiro atoms. The summed E-state index contributed by atoms with van der Waals surface area (Å²) in [6.07, 6.45) is 0. The average Bonchev–Trinajstić information content (AvgIpc) is 2.91. The smallest absolute Gasteiger partial charge is 0.325 e. The molecule has 7 nitrogen and oxygen atoms in total. The largest absolute Gasteiger partial charge is 0.394 e. The number of halogens is 2. The van der Waals surface area contributed by atoms with E-state index in [-0.39, 0.29) is 51.0 Å². The summed E-state index contributed by atoms with van der Waals surface area (Å²) < 4.78 is 31.2. The van der Waals surface area contributed by atoms with Crippen LogP contribution in [-0.4, -0.2) is 67.9 Å². The van der Waals surface area contributed by atoms with Gasteiger partial charge >= 0.3 is 6.03 Å². The van der Waals surface area contributed by atoms with E-state index < -0.39 is 17.7 Å². The third kappa shape index (κ3) is 4.62. The summed E-state index contributed by atoms with van der Waals surface area (Å²) in [6.45, 7) is 1.12. The molecule has 0 atom stereocenters. The van der Waals surface area contributed by atoms with Crippen LogP contribution in [-0.2, 0) is 9.53 Å². The predicted octanol–water partition coefficient (Wildman–Crippen LogP) is 0.332. The number of amides is 3. The van der Waals surface area contributed by atoms with E-state index in [0.717, 1.165) is 12.1 Å². The van der Waals surface area contributed by atoms with Crippen LogP contribution in [0.25, 0.3) is 0 Å². The number of urea groups is 1. The molecule has 9 heteroatoms. The van der Waals surface area contributed by atoms with Gasteiger partial charge in [-0.15, -0.1) is 0 Å². The summed E-state index contributed by atoms with van der Waals surface area (Å²) in [4.78, 5) is 26.7. The van der Waals surface area contributed by atoms with Crippen molar-refractivity contribution in [3.8, 4) is 0 Å². The molecule has 132 valence electrons. The highest BCUT2D eigenvalue weighted by molar-refractivity contribution is 5.96. The number of carbonyl (C=O) groups is 2. The molecular formula is C15H19F2N3O4. The van der Waals surface area contributed by atoms with Gasteiger partial charge in [-0.05, 0) is 12.1 Å². The number of ether oxygens (including phenoxy) is 1. The average molecular weight is 343 g/mol. The molecule has 0 saturated carbocycles. The highest BCUT2D eigenvalue weighted by Crippen LogP contribution is 2.22. The molecule has 0 radical (unpaired) electrons. The van der Waals surface area contributed by atoms with Gasteiger partial charge in [0, 0.05) is 31.4 Å². The Labute approximate surface area is 137 Å². The minimum Gasteiger partial charge on any atom is -0.394 e. The molecule has 1 aliphatic rings. The summed E-state index contributed by atoms with van der Waals surface area (Å²) in [6, 6.07) is 2.79. The van der Waals surface area contributed by atoms with Gasteiger partial charge in [-0.25, -0.2) is 13.6 Å². The van der Waals surface area contributed by atoms with Gasteiger partial charge < -0.3 is 20.1 Å². The monoisotopic (exact) mass is 343 g/mol. The van der Waals surface area contributed by atoms with Crippen LogP contribution in [0, 0.1) is 11.6 Å². The SMILES string of the molecule is O=C(CN1CCN(c2ccc(F)c(F)c2)C1=O)NCCOCCO. The van der Waals surface area contributed by atoms with Crippen molar-refractivity contribution in [1.82, 2.24) is 10.2 Å². The van der Waals surface area contributed by atoms with Gasteiger partial charge in [-0.3, -0.25) is 9.69 Å². The molecular weight excluding hydrogens is 324 g/mol. The van der Waals surface area contributed by atoms with Crippen molar-refractivity contribution in [3.63, 3.8) is 0 Å². The molecule has 0 aromatic heterocycles. The molecule has 0 bridgehead atoms. The number of nitrogens with zero attached hydrogens (tertiary/aromatic N) is 2. The summed E-state index contributed by atoms with van der Waals surface area (Å²) in [5.74, 6) is -2.35. The van der Waals surface area contributed by atoms with E-state index >= 15 is 0 Å². The maximum atomic E-state index is 13.3. The van der Waals surface area contributed by atoms with Gasteiger partial charge in [0.1, 0.15) is 6.54 Å². The zero-order chi connectivity index (χ0) is 17.5. The van der Waals surface area contributed by atoms with E-state index in [1.807, 2.05) is 0 Å². The molecule has 24 heavy (non-hydrogen) atoms. The molecule has 1 heterocycles. The fourth-order valence-electron chi connectivity index (χ4n) is 2.28. The molecule has 0 aliphatic carbocycles. The van der Waals surface area contributed by atoms with Crippen molar-refractivity contribution in [3.05, 3.63) is 29.8 Å². The van der Waals surface area contributed by atoms with Crippen LogP contribution < -0.4 is 10.2 Å². The highest BCUT2D eigenvalue weighted by Gasteiger charge is 2.31. The topological polar surface area (TPSA) is 82.1 Å². The zero-order valence-electron chi connectivity index (χ0n) is 13.0. The minimum atomic E-state index is -1.03. The molecule has 1 aromatic rings. The predicted molar refractivity (Wildman–Crippen MR) is 81.6 cm³/mol. The van der Waals surface area contributed by atoms with Crippen molar-refractivity contribution in [1.29, 1.82) is 0 Å². The van der Waals surface area contributed by atoms with Gasteiger partial charge in [0.25, 0.3) is 0 Å². The minimum absolute atomic E-state index is 0.0873. The number of carbonyl (C=O) groups excluding carboxylic acids is 2. The van der Waals surface area contributed by atoms with Crippen molar-refractivity contribution >= 4 is 17.6 Å². The number of benzene rings is 1. The van der Waals surface area contributed by atoms with Crippen LogP contribution >= 0.6 is 0 Å². The number of nitrogens with one attached hydrogen (secondary N) is 1. The number of rotatable bonds is 8. The van der Waals surface area contributed by atoms with Crippen molar-refractivity contribution in [2.45, 2.75) is 0 Å². The number of anilines is 1. The maximum absolute atomic E-state index is 13.3. The Bertz CT molecular complexity index is 600. The first-order valence-electron chi connectivity index (χ1n) is 7.49. The Balaban J connectivity index is 1.82. The van der Waals surface area contributed by atoms with E-state index in [4.69, 9.17) is 9.84 Å². The van der Waals surface area contributed by atoms with Crippen LogP contribution in [0.4, 0.5) is 19.3 Å². The molecule has 1 aromatic carbocycles. The fraction of sp³-hybridized carbons (Fsp3) is 0.467. The molecule has 1 fully saturated rings. The lowest BCUT2D eigenvalue weighted by Gasteiger charge is -2.18. The summed E-state index contributed by atoms with van der Waals surface area (Å²) in [5.41, 5.74) is 0.249. The van der Waals surface area contributed by atoms with E-state index in [9.17, 15) is 18.4 Å². The van der Waals surface area contributed by atoms with E-state index in [2.05, 4.69) is 5.32 Å². The van der Waals surface area contributed by atoms with E-state index in [1.165, 1.54) is 15.9 Å². The van der Waals surface area contributed by atoms with Crippen molar-refractivity contribution in [2.75, 3.05) is 50.9 Å². The van der Waals surface area contributed by atoms with Crippen LogP contribution in [0.5, 0.6) is 0 Å². The Morgan fingerprint density at radius 3 is 2.75 bits per heavy atom. The standard InChI is InChI=1S/C15H19F2N3O4/c16-12-2-1-11(9-13(12)17)20-5-4-19(15(20)23)10-14(22)18-3-7-24-8-6-21/h1-2,9,21H,3-8,10H2,(H,18,22). The quantitative estimate of drug-likeness (QED) is 0.667. The number of hydrogen-bond donors (Lipinski definition) is 2. The van der Waals surface area contributed by atoms with Gasteiger partial charge in [0.2, 0.25) is 5.91 Å². The lowest BCUT2D eigenvalue weighted by atomic mass is 10.3. The second-order valence-corrected chi connectivity index (χ2v) is 5.14. The summed E-state index contributed by atoms with van der Waals surface area (Å²) in [7, 11) is 0.